The zero-order valence-electron chi connectivity index (χ0n) is 8.41. The highest BCUT2D eigenvalue weighted by atomic mass is 16.6. The van der Waals surface area contributed by atoms with E-state index in [9.17, 15) is 4.79 Å². The Hall–Kier alpha value is -0.570. The molecule has 0 aromatic heterocycles. The van der Waals surface area contributed by atoms with Crippen LogP contribution in [0.5, 0.6) is 0 Å². The topological polar surface area (TPSA) is 35.5 Å². The minimum Gasteiger partial charge on any atom is -0.462 e. The van der Waals surface area contributed by atoms with E-state index in [1.165, 1.54) is 0 Å². The Morgan fingerprint density at radius 2 is 2.38 bits per heavy atom. The van der Waals surface area contributed by atoms with Crippen molar-refractivity contribution in [2.24, 2.45) is 0 Å². The fourth-order valence-corrected chi connectivity index (χ4v) is 1.51. The first-order valence-corrected chi connectivity index (χ1v) is 5.03. The van der Waals surface area contributed by atoms with Crippen molar-refractivity contribution in [3.05, 3.63) is 0 Å². The van der Waals surface area contributed by atoms with Gasteiger partial charge in [0.05, 0.1) is 12.7 Å². The molecule has 1 saturated heterocycles. The summed E-state index contributed by atoms with van der Waals surface area (Å²) in [6.45, 7) is 4.71. The lowest BCUT2D eigenvalue weighted by molar-refractivity contribution is -0.155. The van der Waals surface area contributed by atoms with E-state index in [0.29, 0.717) is 13.0 Å². The number of carbonyl (C=O) groups is 1. The lowest BCUT2D eigenvalue weighted by Gasteiger charge is -2.26. The van der Waals surface area contributed by atoms with Crippen molar-refractivity contribution >= 4 is 5.97 Å². The second kappa shape index (κ2) is 5.22. The quantitative estimate of drug-likeness (QED) is 0.631. The standard InChI is InChI=1S/C10H18O3/c1-3-4-10(11)13-9-5-6-12-8(2)7-9/h8-9H,3-7H2,1-2H3. The van der Waals surface area contributed by atoms with Crippen LogP contribution in [0.1, 0.15) is 39.5 Å². The number of hydrogen-bond acceptors (Lipinski definition) is 3. The van der Waals surface area contributed by atoms with Gasteiger partial charge in [0.25, 0.3) is 0 Å². The van der Waals surface area contributed by atoms with E-state index in [-0.39, 0.29) is 18.2 Å². The van der Waals surface area contributed by atoms with Gasteiger partial charge in [0.2, 0.25) is 0 Å². The number of ether oxygens (including phenoxy) is 2. The van der Waals surface area contributed by atoms with Crippen molar-refractivity contribution in [3.8, 4) is 0 Å². The second-order valence-electron chi connectivity index (χ2n) is 3.57. The van der Waals surface area contributed by atoms with Crippen molar-refractivity contribution in [2.45, 2.75) is 51.7 Å². The molecular weight excluding hydrogens is 168 g/mol. The highest BCUT2D eigenvalue weighted by molar-refractivity contribution is 5.69. The van der Waals surface area contributed by atoms with Crippen LogP contribution >= 0.6 is 0 Å². The molecule has 0 spiro atoms. The molecule has 0 amide bonds. The molecular formula is C10H18O3. The predicted molar refractivity (Wildman–Crippen MR) is 49.4 cm³/mol. The molecule has 2 atom stereocenters. The van der Waals surface area contributed by atoms with Gasteiger partial charge < -0.3 is 9.47 Å². The van der Waals surface area contributed by atoms with Crippen LogP contribution in [0.25, 0.3) is 0 Å². The highest BCUT2D eigenvalue weighted by Crippen LogP contribution is 2.16. The van der Waals surface area contributed by atoms with Crippen LogP contribution < -0.4 is 0 Å². The average Bonchev–Trinajstić information content (AvgIpc) is 2.04. The first kappa shape index (κ1) is 10.5. The smallest absolute Gasteiger partial charge is 0.306 e. The molecule has 2 unspecified atom stereocenters. The van der Waals surface area contributed by atoms with Gasteiger partial charge in [-0.15, -0.1) is 0 Å². The molecule has 1 fully saturated rings. The van der Waals surface area contributed by atoms with Gasteiger partial charge in [-0.1, -0.05) is 6.92 Å². The lowest BCUT2D eigenvalue weighted by Crippen LogP contribution is -2.30. The minimum absolute atomic E-state index is 0.0680. The summed E-state index contributed by atoms with van der Waals surface area (Å²) in [6.07, 6.45) is 3.40. The maximum absolute atomic E-state index is 11.2. The molecule has 0 aromatic rings. The number of hydrogen-bond donors (Lipinski definition) is 0. The molecule has 0 bridgehead atoms. The molecule has 3 nitrogen and oxygen atoms in total. The molecule has 0 radical (unpaired) electrons. The maximum Gasteiger partial charge on any atom is 0.306 e. The molecule has 1 aliphatic rings. The van der Waals surface area contributed by atoms with E-state index in [1.807, 2.05) is 13.8 Å². The van der Waals surface area contributed by atoms with Crippen molar-refractivity contribution in [1.29, 1.82) is 0 Å². The molecule has 1 heterocycles. The van der Waals surface area contributed by atoms with E-state index < -0.39 is 0 Å². The zero-order valence-corrected chi connectivity index (χ0v) is 8.41. The van der Waals surface area contributed by atoms with Crippen molar-refractivity contribution in [2.75, 3.05) is 6.61 Å². The van der Waals surface area contributed by atoms with Gasteiger partial charge in [0.1, 0.15) is 6.10 Å². The first-order valence-electron chi connectivity index (χ1n) is 5.03. The molecule has 0 aromatic carbocycles. The van der Waals surface area contributed by atoms with Gasteiger partial charge in [-0.2, -0.15) is 0 Å². The number of carbonyl (C=O) groups excluding carboxylic acids is 1. The van der Waals surface area contributed by atoms with Gasteiger partial charge >= 0.3 is 5.97 Å². The van der Waals surface area contributed by atoms with E-state index in [0.717, 1.165) is 19.3 Å². The van der Waals surface area contributed by atoms with E-state index in [2.05, 4.69) is 0 Å². The maximum atomic E-state index is 11.2. The molecule has 3 heteroatoms. The summed E-state index contributed by atoms with van der Waals surface area (Å²) in [5, 5.41) is 0. The monoisotopic (exact) mass is 186 g/mol. The Bertz CT molecular complexity index is 168. The zero-order chi connectivity index (χ0) is 9.68. The van der Waals surface area contributed by atoms with Crippen molar-refractivity contribution < 1.29 is 14.3 Å². The van der Waals surface area contributed by atoms with Crippen LogP contribution in [-0.4, -0.2) is 24.8 Å². The van der Waals surface area contributed by atoms with E-state index >= 15 is 0 Å². The SMILES string of the molecule is CCCC(=O)OC1CCOC(C)C1. The fourth-order valence-electron chi connectivity index (χ4n) is 1.51. The summed E-state index contributed by atoms with van der Waals surface area (Å²) in [7, 11) is 0. The minimum atomic E-state index is -0.0680. The predicted octanol–water partition coefficient (Wildman–Crippen LogP) is 1.90. The van der Waals surface area contributed by atoms with E-state index in [1.54, 1.807) is 0 Å². The molecule has 1 rings (SSSR count). The Balaban J connectivity index is 2.23. The van der Waals surface area contributed by atoms with Gasteiger partial charge in [0, 0.05) is 19.3 Å². The summed E-state index contributed by atoms with van der Waals surface area (Å²) in [5.74, 6) is -0.0680. The molecule has 0 aliphatic carbocycles. The van der Waals surface area contributed by atoms with Crippen LogP contribution in [-0.2, 0) is 14.3 Å². The summed E-state index contributed by atoms with van der Waals surface area (Å²) in [6, 6.07) is 0. The third-order valence-corrected chi connectivity index (χ3v) is 2.19. The van der Waals surface area contributed by atoms with Crippen molar-refractivity contribution in [3.63, 3.8) is 0 Å². The van der Waals surface area contributed by atoms with Gasteiger partial charge in [0.15, 0.2) is 0 Å². The second-order valence-corrected chi connectivity index (χ2v) is 3.57. The molecule has 13 heavy (non-hydrogen) atoms. The summed E-state index contributed by atoms with van der Waals surface area (Å²) in [5.41, 5.74) is 0. The van der Waals surface area contributed by atoms with Gasteiger partial charge in [-0.25, -0.2) is 0 Å². The molecule has 76 valence electrons. The van der Waals surface area contributed by atoms with Crippen LogP contribution in [0.4, 0.5) is 0 Å². The van der Waals surface area contributed by atoms with Crippen LogP contribution in [0.2, 0.25) is 0 Å². The normalized spacial score (nSPS) is 28.5. The Kier molecular flexibility index (Phi) is 4.22. The fraction of sp³-hybridized carbons (Fsp3) is 0.900. The Morgan fingerprint density at radius 1 is 1.62 bits per heavy atom. The highest BCUT2D eigenvalue weighted by Gasteiger charge is 2.22. The van der Waals surface area contributed by atoms with Crippen LogP contribution in [0.15, 0.2) is 0 Å². The summed E-state index contributed by atoms with van der Waals surface area (Å²) >= 11 is 0. The number of esters is 1. The first-order chi connectivity index (χ1) is 6.22. The third-order valence-electron chi connectivity index (χ3n) is 2.19. The van der Waals surface area contributed by atoms with Crippen molar-refractivity contribution in [1.82, 2.24) is 0 Å². The Morgan fingerprint density at radius 3 is 3.00 bits per heavy atom. The summed E-state index contributed by atoms with van der Waals surface area (Å²) < 4.78 is 10.6. The molecule has 0 saturated carbocycles. The van der Waals surface area contributed by atoms with E-state index in [4.69, 9.17) is 9.47 Å². The van der Waals surface area contributed by atoms with Gasteiger partial charge in [-0.3, -0.25) is 4.79 Å². The summed E-state index contributed by atoms with van der Waals surface area (Å²) in [4.78, 5) is 11.2. The largest absolute Gasteiger partial charge is 0.462 e. The lowest BCUT2D eigenvalue weighted by atomic mass is 10.1. The third kappa shape index (κ3) is 3.77. The molecule has 0 N–H and O–H groups in total. The Labute approximate surface area is 79.4 Å². The van der Waals surface area contributed by atoms with Crippen LogP contribution in [0.3, 0.4) is 0 Å². The molecule has 1 aliphatic heterocycles. The van der Waals surface area contributed by atoms with Crippen LogP contribution in [0, 0.1) is 0 Å². The van der Waals surface area contributed by atoms with Gasteiger partial charge in [-0.05, 0) is 13.3 Å². The average molecular weight is 186 g/mol. The number of rotatable bonds is 3.